The molecule has 0 aliphatic carbocycles. The maximum absolute atomic E-state index is 10.6. The van der Waals surface area contributed by atoms with Crippen LogP contribution in [0, 0.1) is 10.1 Å². The minimum atomic E-state index is -0.458. The summed E-state index contributed by atoms with van der Waals surface area (Å²) in [6.07, 6.45) is 1.68. The number of hydrogen-bond acceptors (Lipinski definition) is 3. The van der Waals surface area contributed by atoms with Crippen LogP contribution in [-0.4, -0.2) is 14.7 Å². The molecule has 0 N–H and O–H groups in total. The van der Waals surface area contributed by atoms with Crippen molar-refractivity contribution in [3.63, 3.8) is 0 Å². The number of halogens is 1. The first-order valence-corrected chi connectivity index (χ1v) is 4.92. The van der Waals surface area contributed by atoms with E-state index >= 15 is 0 Å². The molecule has 0 bridgehead atoms. The second kappa shape index (κ2) is 3.94. The Balaban J connectivity index is 2.66. The fraction of sp³-hybridized carbons (Fsp3) is 0.100. The highest BCUT2D eigenvalue weighted by atomic mass is 35.5. The number of nitro groups is 1. The van der Waals surface area contributed by atoms with Crippen molar-refractivity contribution >= 4 is 28.2 Å². The number of fused-ring (bicyclic) bond motifs is 1. The normalized spacial score (nSPS) is 10.6. The molecule has 0 aliphatic rings. The van der Waals surface area contributed by atoms with Crippen LogP contribution in [0.25, 0.3) is 10.9 Å². The molecule has 16 heavy (non-hydrogen) atoms. The van der Waals surface area contributed by atoms with Gasteiger partial charge >= 0.3 is 0 Å². The molecule has 2 rings (SSSR count). The number of rotatable bonds is 3. The highest BCUT2D eigenvalue weighted by Crippen LogP contribution is 2.26. The van der Waals surface area contributed by atoms with Gasteiger partial charge in [-0.3, -0.25) is 14.8 Å². The van der Waals surface area contributed by atoms with Crippen molar-refractivity contribution in [3.8, 4) is 0 Å². The summed E-state index contributed by atoms with van der Waals surface area (Å²) in [7, 11) is 0. The highest BCUT2D eigenvalue weighted by molar-refractivity contribution is 6.34. The van der Waals surface area contributed by atoms with Crippen molar-refractivity contribution in [3.05, 3.63) is 46.1 Å². The number of nitrogens with zero attached hydrogens (tertiary/aromatic N) is 3. The zero-order chi connectivity index (χ0) is 11.7. The zero-order valence-electron chi connectivity index (χ0n) is 8.26. The fourth-order valence-electron chi connectivity index (χ4n) is 1.50. The van der Waals surface area contributed by atoms with Gasteiger partial charge in [-0.15, -0.1) is 6.58 Å². The van der Waals surface area contributed by atoms with Gasteiger partial charge in [-0.1, -0.05) is 17.7 Å². The van der Waals surface area contributed by atoms with E-state index in [1.165, 1.54) is 12.1 Å². The maximum atomic E-state index is 10.6. The smallest absolute Gasteiger partial charge is 0.260 e. The standard InChI is InChI=1S/C10H8ClN3O2/c1-2-5-13-9-4-3-7(14(15)16)6-8(9)10(11)12-13/h2-4,6H,1,5H2. The molecule has 82 valence electrons. The Bertz CT molecular complexity index is 577. The molecule has 0 saturated carbocycles. The van der Waals surface area contributed by atoms with Crippen LogP contribution in [0.3, 0.4) is 0 Å². The van der Waals surface area contributed by atoms with Crippen molar-refractivity contribution in [1.82, 2.24) is 9.78 Å². The Morgan fingerprint density at radius 3 is 3.00 bits per heavy atom. The molecular formula is C10H8ClN3O2. The molecule has 1 aromatic carbocycles. The van der Waals surface area contributed by atoms with Crippen molar-refractivity contribution < 1.29 is 4.92 Å². The van der Waals surface area contributed by atoms with Gasteiger partial charge in [0.25, 0.3) is 5.69 Å². The first-order chi connectivity index (χ1) is 7.63. The number of allylic oxidation sites excluding steroid dienone is 1. The predicted molar refractivity (Wildman–Crippen MR) is 61.6 cm³/mol. The number of hydrogen-bond donors (Lipinski definition) is 0. The van der Waals surface area contributed by atoms with Crippen LogP contribution in [0.1, 0.15) is 0 Å². The summed E-state index contributed by atoms with van der Waals surface area (Å²) in [5.41, 5.74) is 0.767. The van der Waals surface area contributed by atoms with Crippen LogP contribution >= 0.6 is 11.6 Å². The minimum absolute atomic E-state index is 0.00699. The van der Waals surface area contributed by atoms with Gasteiger partial charge in [0.2, 0.25) is 0 Å². The van der Waals surface area contributed by atoms with Crippen LogP contribution in [0.15, 0.2) is 30.9 Å². The lowest BCUT2D eigenvalue weighted by molar-refractivity contribution is -0.384. The third-order valence-electron chi connectivity index (χ3n) is 2.20. The summed E-state index contributed by atoms with van der Waals surface area (Å²) in [5, 5.41) is 15.5. The van der Waals surface area contributed by atoms with Gasteiger partial charge in [-0.2, -0.15) is 5.10 Å². The van der Waals surface area contributed by atoms with Gasteiger partial charge < -0.3 is 0 Å². The van der Waals surface area contributed by atoms with Crippen LogP contribution in [-0.2, 0) is 6.54 Å². The molecule has 0 spiro atoms. The van der Waals surface area contributed by atoms with Gasteiger partial charge in [0, 0.05) is 17.5 Å². The second-order valence-electron chi connectivity index (χ2n) is 3.22. The van der Waals surface area contributed by atoms with E-state index < -0.39 is 4.92 Å². The first kappa shape index (κ1) is 10.6. The molecule has 1 aromatic heterocycles. The van der Waals surface area contributed by atoms with Crippen molar-refractivity contribution in [1.29, 1.82) is 0 Å². The molecule has 0 saturated heterocycles. The Kier molecular flexibility index (Phi) is 2.62. The van der Waals surface area contributed by atoms with Crippen LogP contribution in [0.2, 0.25) is 5.15 Å². The third-order valence-corrected chi connectivity index (χ3v) is 2.48. The Hall–Kier alpha value is -1.88. The molecule has 0 fully saturated rings. The zero-order valence-corrected chi connectivity index (χ0v) is 9.02. The Morgan fingerprint density at radius 2 is 2.38 bits per heavy atom. The lowest BCUT2D eigenvalue weighted by atomic mass is 10.2. The summed E-state index contributed by atoms with van der Waals surface area (Å²) >= 11 is 5.90. The number of non-ortho nitro benzene ring substituents is 1. The van der Waals surface area contributed by atoms with Gasteiger partial charge in [-0.05, 0) is 6.07 Å². The van der Waals surface area contributed by atoms with Gasteiger partial charge in [-0.25, -0.2) is 0 Å². The van der Waals surface area contributed by atoms with Crippen LogP contribution in [0.4, 0.5) is 5.69 Å². The third kappa shape index (κ3) is 1.65. The van der Waals surface area contributed by atoms with Gasteiger partial charge in [0.15, 0.2) is 5.15 Å². The van der Waals surface area contributed by atoms with E-state index in [-0.39, 0.29) is 10.8 Å². The molecule has 0 atom stereocenters. The minimum Gasteiger partial charge on any atom is -0.260 e. The summed E-state index contributed by atoms with van der Waals surface area (Å²) in [6.45, 7) is 4.12. The monoisotopic (exact) mass is 237 g/mol. The van der Waals surface area contributed by atoms with Crippen molar-refractivity contribution in [2.45, 2.75) is 6.54 Å². The van der Waals surface area contributed by atoms with Gasteiger partial charge in [0.1, 0.15) is 0 Å². The van der Waals surface area contributed by atoms with Crippen molar-refractivity contribution in [2.75, 3.05) is 0 Å². The van der Waals surface area contributed by atoms with E-state index in [4.69, 9.17) is 11.6 Å². The molecule has 2 aromatic rings. The summed E-state index contributed by atoms with van der Waals surface area (Å²) in [4.78, 5) is 10.1. The average Bonchev–Trinajstić information content (AvgIpc) is 2.56. The number of nitro benzene ring substituents is 1. The predicted octanol–water partition coefficient (Wildman–Crippen LogP) is 2.78. The first-order valence-electron chi connectivity index (χ1n) is 4.55. The molecule has 0 unspecified atom stereocenters. The van der Waals surface area contributed by atoms with Crippen molar-refractivity contribution in [2.24, 2.45) is 0 Å². The van der Waals surface area contributed by atoms with E-state index in [1.807, 2.05) is 0 Å². The van der Waals surface area contributed by atoms with E-state index in [1.54, 1.807) is 16.8 Å². The van der Waals surface area contributed by atoms with E-state index in [0.29, 0.717) is 11.9 Å². The Morgan fingerprint density at radius 1 is 1.62 bits per heavy atom. The molecule has 1 heterocycles. The molecule has 0 aliphatic heterocycles. The highest BCUT2D eigenvalue weighted by Gasteiger charge is 2.12. The van der Waals surface area contributed by atoms with E-state index in [2.05, 4.69) is 11.7 Å². The summed E-state index contributed by atoms with van der Waals surface area (Å²) in [5.74, 6) is 0. The summed E-state index contributed by atoms with van der Waals surface area (Å²) < 4.78 is 1.65. The van der Waals surface area contributed by atoms with E-state index in [0.717, 1.165) is 5.52 Å². The number of aromatic nitrogens is 2. The second-order valence-corrected chi connectivity index (χ2v) is 3.58. The summed E-state index contributed by atoms with van der Waals surface area (Å²) in [6, 6.07) is 4.49. The molecule has 0 amide bonds. The lowest BCUT2D eigenvalue weighted by Gasteiger charge is -1.97. The molecule has 0 radical (unpaired) electrons. The molecule has 5 nitrogen and oxygen atoms in total. The lowest BCUT2D eigenvalue weighted by Crippen LogP contribution is -1.96. The van der Waals surface area contributed by atoms with E-state index in [9.17, 15) is 10.1 Å². The average molecular weight is 238 g/mol. The SMILES string of the molecule is C=CCn1nc(Cl)c2cc([N+](=O)[O-])ccc21. The maximum Gasteiger partial charge on any atom is 0.270 e. The van der Waals surface area contributed by atoms with Gasteiger partial charge in [0.05, 0.1) is 17.0 Å². The molecule has 6 heteroatoms. The Labute approximate surface area is 96.1 Å². The largest absolute Gasteiger partial charge is 0.270 e. The topological polar surface area (TPSA) is 61.0 Å². The number of benzene rings is 1. The fourth-order valence-corrected chi connectivity index (χ4v) is 1.75. The van der Waals surface area contributed by atoms with Crippen LogP contribution in [0.5, 0.6) is 0 Å². The molecular weight excluding hydrogens is 230 g/mol. The van der Waals surface area contributed by atoms with Crippen LogP contribution < -0.4 is 0 Å². The quantitative estimate of drug-likeness (QED) is 0.468.